The number of ketones is 2. The number of anilines is 4. The molecule has 0 amide bonds. The van der Waals surface area contributed by atoms with E-state index in [0.717, 1.165) is 42.5 Å². The average Bonchev–Trinajstić information content (AvgIpc) is 3.23. The molecule has 0 spiro atoms. The third-order valence-electron chi connectivity index (χ3n) is 9.66. The maximum absolute atomic E-state index is 13.8. The molecule has 5 aromatic rings. The molecule has 68 heavy (non-hydrogen) atoms. The molecule has 30 heteroatoms. The van der Waals surface area contributed by atoms with Crippen molar-refractivity contribution in [2.75, 3.05) is 22.3 Å². The van der Waals surface area contributed by atoms with E-state index in [9.17, 15) is 74.4 Å². The summed E-state index contributed by atoms with van der Waals surface area (Å²) in [6, 6.07) is 18.4. The Hall–Kier alpha value is -7.39. The number of allylic oxidation sites excluding steroid dienone is 2. The van der Waals surface area contributed by atoms with Crippen LogP contribution in [0.3, 0.4) is 0 Å². The second-order valence-corrected chi connectivity index (χ2v) is 21.1. The average molecular weight is 1030 g/mol. The van der Waals surface area contributed by atoms with Crippen molar-refractivity contribution in [1.82, 2.24) is 0 Å². The molecule has 0 heterocycles. The molecular formula is C38H28N8O17S5. The second-order valence-electron chi connectivity index (χ2n) is 14.1. The van der Waals surface area contributed by atoms with Crippen LogP contribution < -0.4 is 22.3 Å². The molecule has 0 atom stereocenters. The number of nitrogen functional groups attached to an aromatic ring is 2. The van der Waals surface area contributed by atoms with Gasteiger partial charge in [0, 0.05) is 5.69 Å². The topological polar surface area (TPSA) is 432 Å². The van der Waals surface area contributed by atoms with Gasteiger partial charge >= 0.3 is 0 Å². The summed E-state index contributed by atoms with van der Waals surface area (Å²) in [6.45, 7) is 0. The van der Waals surface area contributed by atoms with E-state index in [2.05, 4.69) is 31.3 Å². The fraction of sp³-hybridized carbons (Fsp3) is 0. The summed E-state index contributed by atoms with van der Waals surface area (Å²) >= 11 is 0. The van der Waals surface area contributed by atoms with Gasteiger partial charge in [0.2, 0.25) is 11.6 Å². The van der Waals surface area contributed by atoms with Gasteiger partial charge in [0.1, 0.15) is 20.4 Å². The summed E-state index contributed by atoms with van der Waals surface area (Å²) in [5.41, 5.74) is 12.9. The lowest BCUT2D eigenvalue weighted by atomic mass is 9.92. The highest BCUT2D eigenvalue weighted by Gasteiger charge is 2.38. The Kier molecular flexibility index (Phi) is 12.4. The van der Waals surface area contributed by atoms with Gasteiger partial charge in [-0.3, -0.25) is 43.2 Å². The normalized spacial score (nSPS) is 15.8. The van der Waals surface area contributed by atoms with Gasteiger partial charge in [0.25, 0.3) is 50.6 Å². The van der Waals surface area contributed by atoms with Crippen LogP contribution in [0.2, 0.25) is 0 Å². The molecule has 11 N–H and O–H groups in total. The van der Waals surface area contributed by atoms with Crippen LogP contribution in [0.15, 0.2) is 136 Å². The first-order chi connectivity index (χ1) is 31.5. The van der Waals surface area contributed by atoms with Gasteiger partial charge < -0.3 is 11.5 Å². The number of nitrogens with one attached hydrogen (secondary N) is 2. The minimum absolute atomic E-state index is 0.0252. The minimum atomic E-state index is -5.26. The molecule has 0 bridgehead atoms. The van der Waals surface area contributed by atoms with Crippen molar-refractivity contribution >= 4 is 120 Å². The number of carbonyl (C=O) groups excluding carboxylic acids is 2. The van der Waals surface area contributed by atoms with Gasteiger partial charge in [-0.05, 0) is 101 Å². The summed E-state index contributed by atoms with van der Waals surface area (Å²) in [7, 11) is -25.0. The van der Waals surface area contributed by atoms with Crippen molar-refractivity contribution < 1.29 is 74.4 Å². The summed E-state index contributed by atoms with van der Waals surface area (Å²) in [5, 5.41) is 15.5. The molecule has 7 rings (SSSR count). The fourth-order valence-electron chi connectivity index (χ4n) is 6.53. The molecular weight excluding hydrogens is 1000 g/mol. The lowest BCUT2D eigenvalue weighted by Crippen LogP contribution is -2.28. The van der Waals surface area contributed by atoms with Crippen molar-refractivity contribution in [2.45, 2.75) is 14.7 Å². The number of benzene rings is 5. The van der Waals surface area contributed by atoms with Gasteiger partial charge in [0.15, 0.2) is 11.4 Å². The van der Waals surface area contributed by atoms with Gasteiger partial charge in [-0.2, -0.15) is 57.4 Å². The molecule has 25 nitrogen and oxygen atoms in total. The van der Waals surface area contributed by atoms with E-state index in [1.165, 1.54) is 24.3 Å². The Morgan fingerprint density at radius 3 is 1.37 bits per heavy atom. The monoisotopic (exact) mass is 1030 g/mol. The molecule has 0 aromatic heterocycles. The standard InChI is InChI=1S/C38H28N8O17S5/c39-27-17-26(65(52,53)54)13-20-14-29(67(58,59)60)35(37(47)31(20)27)45-42-23-7-3-19(4-8-23)18-1-5-22(6-2-18)41-44-34-28(66(55,56)57)15-21-16-30(68(61,62)63)36(38(48)32(21)33(34)40)46-43-24-9-11-25(12-10-24)64(49,50)51/h1-17,42-43H,39-40H2,(H,49,50,51)(H,52,53,54)(H,55,56,57)(H,58,59,60)(H,61,62,63)/b44-41?,45-35-,46-36+. The molecule has 2 aliphatic carbocycles. The SMILES string of the molecule is Nc1cc(S(=O)(=O)O)cc2c1C(=O)/C(=N\Nc1ccc(-c3ccc(N=Nc4c(S(=O)(=O)O)cc5c(c4N)C(=O)/C(=N/Nc4ccc(S(=O)(=O)O)cc4)C(S(=O)(=O)O)=C5)cc3)cc1)C(S(=O)(=O)O)=C2. The predicted octanol–water partition coefficient (Wildman–Crippen LogP) is 4.46. The van der Waals surface area contributed by atoms with E-state index in [0.29, 0.717) is 23.3 Å². The number of Topliss-reactive ketones (excluding diaryl/α,β-unsaturated/α-hetero) is 2. The molecule has 0 aliphatic heterocycles. The number of rotatable bonds is 12. The Labute approximate surface area is 384 Å². The van der Waals surface area contributed by atoms with Crippen LogP contribution >= 0.6 is 0 Å². The van der Waals surface area contributed by atoms with E-state index >= 15 is 0 Å². The van der Waals surface area contributed by atoms with Crippen molar-refractivity contribution in [2.24, 2.45) is 20.4 Å². The number of nitrogens with two attached hydrogens (primary N) is 2. The minimum Gasteiger partial charge on any atom is -0.398 e. The molecule has 352 valence electrons. The summed E-state index contributed by atoms with van der Waals surface area (Å²) in [5.74, 6) is -2.37. The number of carbonyl (C=O) groups is 2. The van der Waals surface area contributed by atoms with E-state index in [1.807, 2.05) is 0 Å². The number of hydrogen-bond donors (Lipinski definition) is 9. The largest absolute Gasteiger partial charge is 0.398 e. The lowest BCUT2D eigenvalue weighted by Gasteiger charge is -2.20. The van der Waals surface area contributed by atoms with E-state index in [-0.39, 0.29) is 28.2 Å². The maximum atomic E-state index is 13.8. The van der Waals surface area contributed by atoms with E-state index < -0.39 is 126 Å². The predicted molar refractivity (Wildman–Crippen MR) is 243 cm³/mol. The number of nitrogens with zero attached hydrogens (tertiary/aromatic N) is 4. The van der Waals surface area contributed by atoms with Crippen LogP contribution in [-0.2, 0) is 50.6 Å². The Balaban J connectivity index is 1.14. The first kappa shape index (κ1) is 48.5. The third kappa shape index (κ3) is 9.98. The number of azo groups is 1. The zero-order valence-corrected chi connectivity index (χ0v) is 37.5. The van der Waals surface area contributed by atoms with Gasteiger partial charge in [-0.1, -0.05) is 24.3 Å². The Morgan fingerprint density at radius 2 is 0.912 bits per heavy atom. The lowest BCUT2D eigenvalue weighted by molar-refractivity contribution is 0.105. The highest BCUT2D eigenvalue weighted by atomic mass is 32.2. The Morgan fingerprint density at radius 1 is 0.471 bits per heavy atom. The van der Waals surface area contributed by atoms with Crippen molar-refractivity contribution in [3.05, 3.63) is 123 Å². The number of hydrogen-bond acceptors (Lipinski definition) is 20. The van der Waals surface area contributed by atoms with Crippen molar-refractivity contribution in [3.8, 4) is 11.1 Å². The zero-order chi connectivity index (χ0) is 49.9. The first-order valence-corrected chi connectivity index (χ1v) is 25.4. The van der Waals surface area contributed by atoms with Crippen molar-refractivity contribution in [1.29, 1.82) is 0 Å². The summed E-state index contributed by atoms with van der Waals surface area (Å²) in [6.07, 6.45) is 1.42. The summed E-state index contributed by atoms with van der Waals surface area (Å²) in [4.78, 5) is 22.8. The van der Waals surface area contributed by atoms with Crippen molar-refractivity contribution in [3.63, 3.8) is 0 Å². The van der Waals surface area contributed by atoms with Crippen LogP contribution in [0.25, 0.3) is 23.3 Å². The van der Waals surface area contributed by atoms with Crippen LogP contribution in [0.5, 0.6) is 0 Å². The van der Waals surface area contributed by atoms with Gasteiger partial charge in [0.05, 0.1) is 43.7 Å². The van der Waals surface area contributed by atoms with Gasteiger partial charge in [-0.25, -0.2) is 0 Å². The Bertz CT molecular complexity index is 3780. The molecule has 0 unspecified atom stereocenters. The number of hydrazone groups is 2. The smallest absolute Gasteiger partial charge is 0.296 e. The van der Waals surface area contributed by atoms with Crippen LogP contribution in [0, 0.1) is 0 Å². The van der Waals surface area contributed by atoms with Crippen LogP contribution in [0.1, 0.15) is 31.8 Å². The molecule has 0 saturated carbocycles. The molecule has 0 saturated heterocycles. The van der Waals surface area contributed by atoms with E-state index in [1.54, 1.807) is 24.3 Å². The second kappa shape index (κ2) is 17.4. The maximum Gasteiger partial charge on any atom is 0.296 e. The third-order valence-corrected chi connectivity index (χ3v) is 14.0. The molecule has 5 aromatic carbocycles. The van der Waals surface area contributed by atoms with Crippen LogP contribution in [-0.4, -0.2) is 87.8 Å². The first-order valence-electron chi connectivity index (χ1n) is 18.2. The highest BCUT2D eigenvalue weighted by Crippen LogP contribution is 2.41. The molecule has 0 fully saturated rings. The molecule has 0 radical (unpaired) electrons. The summed E-state index contributed by atoms with van der Waals surface area (Å²) < 4.78 is 169. The molecule has 2 aliphatic rings. The van der Waals surface area contributed by atoms with E-state index in [4.69, 9.17) is 11.5 Å². The fourth-order valence-corrected chi connectivity index (χ4v) is 9.55. The quantitative estimate of drug-likeness (QED) is 0.0360. The highest BCUT2D eigenvalue weighted by molar-refractivity contribution is 7.91. The van der Waals surface area contributed by atoms with Gasteiger partial charge in [-0.15, -0.1) is 5.11 Å². The number of fused-ring (bicyclic) bond motifs is 2. The van der Waals surface area contributed by atoms with Crippen LogP contribution in [0.4, 0.5) is 34.1 Å². The zero-order valence-electron chi connectivity index (χ0n) is 33.4.